The molecule has 0 amide bonds. The van der Waals surface area contributed by atoms with Gasteiger partial charge in [-0.05, 0) is 48.6 Å². The minimum Gasteiger partial charge on any atom is -0.314 e. The summed E-state index contributed by atoms with van der Waals surface area (Å²) in [5.41, 5.74) is 1.86. The molecule has 0 saturated heterocycles. The van der Waals surface area contributed by atoms with E-state index in [1.54, 1.807) is 0 Å². The third kappa shape index (κ3) is 5.27. The highest BCUT2D eigenvalue weighted by atomic mass is 16.1. The lowest BCUT2D eigenvalue weighted by Gasteiger charge is -2.22. The topological polar surface area (TPSA) is 26.0 Å². The second-order valence-electron chi connectivity index (χ2n) is 5.96. The van der Waals surface area contributed by atoms with Gasteiger partial charge < -0.3 is 9.80 Å². The standard InChI is InChI=1S/C17H26N2O/c1-14-10-11-15(8-6-12-18(2)3)17(20)16(14)9-7-13-19(4)5/h6-9,12-14H,10-11H2,1-5H3/p+2/b12-6+,13-7+,15-8+,16-9?/t14-/m0/s1. The second-order valence-corrected chi connectivity index (χ2v) is 5.96. The largest absolute Gasteiger partial charge is 0.314 e. The van der Waals surface area contributed by atoms with Crippen molar-refractivity contribution in [2.45, 2.75) is 19.8 Å². The number of hydrogen-bond donors (Lipinski definition) is 2. The van der Waals surface area contributed by atoms with Gasteiger partial charge in [0.2, 0.25) is 0 Å². The normalized spacial score (nSPS) is 25.1. The molecule has 2 N–H and O–H groups in total. The maximum Gasteiger partial charge on any atom is 0.185 e. The van der Waals surface area contributed by atoms with E-state index in [9.17, 15) is 4.79 Å². The maximum atomic E-state index is 12.5. The summed E-state index contributed by atoms with van der Waals surface area (Å²) >= 11 is 0. The molecular weight excluding hydrogens is 248 g/mol. The van der Waals surface area contributed by atoms with Gasteiger partial charge in [0, 0.05) is 5.57 Å². The van der Waals surface area contributed by atoms with Gasteiger partial charge in [-0.2, -0.15) is 0 Å². The minimum atomic E-state index is 0.209. The van der Waals surface area contributed by atoms with Crippen LogP contribution in [0.5, 0.6) is 0 Å². The monoisotopic (exact) mass is 276 g/mol. The predicted octanol–water partition coefficient (Wildman–Crippen LogP) is 0.155. The Hall–Kier alpha value is -1.45. The van der Waals surface area contributed by atoms with Crippen LogP contribution in [0.15, 0.2) is 47.9 Å². The molecular formula is C17H28N2O+2. The van der Waals surface area contributed by atoms with Crippen LogP contribution in [0.4, 0.5) is 0 Å². The van der Waals surface area contributed by atoms with Crippen LogP contribution in [0.3, 0.4) is 0 Å². The Kier molecular flexibility index (Phi) is 6.62. The summed E-state index contributed by atoms with van der Waals surface area (Å²) in [5, 5.41) is 0. The summed E-state index contributed by atoms with van der Waals surface area (Å²) < 4.78 is 0. The lowest BCUT2D eigenvalue weighted by atomic mass is 9.81. The van der Waals surface area contributed by atoms with Gasteiger partial charge in [-0.15, -0.1) is 0 Å². The van der Waals surface area contributed by atoms with Crippen molar-refractivity contribution in [3.8, 4) is 0 Å². The minimum absolute atomic E-state index is 0.209. The van der Waals surface area contributed by atoms with E-state index >= 15 is 0 Å². The highest BCUT2D eigenvalue weighted by molar-refractivity contribution is 6.09. The van der Waals surface area contributed by atoms with Gasteiger partial charge in [-0.3, -0.25) is 4.79 Å². The fraction of sp³-hybridized carbons (Fsp3) is 0.471. The predicted molar refractivity (Wildman–Crippen MR) is 83.5 cm³/mol. The molecule has 0 aromatic carbocycles. The van der Waals surface area contributed by atoms with Crippen molar-refractivity contribution in [1.29, 1.82) is 0 Å². The molecule has 0 aromatic heterocycles. The van der Waals surface area contributed by atoms with Crippen LogP contribution in [0.2, 0.25) is 0 Å². The number of carbonyl (C=O) groups is 1. The Bertz CT molecular complexity index is 454. The second kappa shape index (κ2) is 7.98. The van der Waals surface area contributed by atoms with Crippen LogP contribution < -0.4 is 9.80 Å². The van der Waals surface area contributed by atoms with E-state index in [2.05, 4.69) is 35.1 Å². The van der Waals surface area contributed by atoms with Gasteiger partial charge in [0.25, 0.3) is 0 Å². The Morgan fingerprint density at radius 3 is 2.10 bits per heavy atom. The molecule has 1 atom stereocenters. The summed E-state index contributed by atoms with van der Waals surface area (Å²) in [6, 6.07) is 0. The lowest BCUT2D eigenvalue weighted by Crippen LogP contribution is -3.00. The number of nitrogens with one attached hydrogen (secondary N) is 2. The molecule has 1 fully saturated rings. The van der Waals surface area contributed by atoms with E-state index in [4.69, 9.17) is 0 Å². The SMILES string of the molecule is C[C@H]1CC/C(=C\C=C\[NH+](C)C)C(=O)C1=C/C=C/[NH+](C)C. The van der Waals surface area contributed by atoms with Crippen molar-refractivity contribution in [3.05, 3.63) is 47.9 Å². The Balaban J connectivity index is 2.87. The highest BCUT2D eigenvalue weighted by Gasteiger charge is 2.25. The number of hydrogen-bond acceptors (Lipinski definition) is 1. The molecule has 1 rings (SSSR count). The van der Waals surface area contributed by atoms with E-state index in [-0.39, 0.29) is 5.78 Å². The zero-order valence-corrected chi connectivity index (χ0v) is 13.4. The first-order chi connectivity index (χ1) is 9.41. The van der Waals surface area contributed by atoms with Crippen molar-refractivity contribution in [3.63, 3.8) is 0 Å². The number of quaternary nitrogens is 2. The first-order valence-electron chi connectivity index (χ1n) is 7.32. The quantitative estimate of drug-likeness (QED) is 0.703. The van der Waals surface area contributed by atoms with Crippen LogP contribution in [0.1, 0.15) is 19.8 Å². The summed E-state index contributed by atoms with van der Waals surface area (Å²) in [7, 11) is 8.22. The number of carbonyl (C=O) groups excluding carboxylic acids is 1. The Morgan fingerprint density at radius 2 is 1.55 bits per heavy atom. The number of ketones is 1. The molecule has 1 aliphatic rings. The summed E-state index contributed by atoms with van der Waals surface area (Å²) in [5.74, 6) is 0.561. The third-order valence-electron chi connectivity index (χ3n) is 3.36. The molecule has 20 heavy (non-hydrogen) atoms. The van der Waals surface area contributed by atoms with Crippen LogP contribution >= 0.6 is 0 Å². The van der Waals surface area contributed by atoms with E-state index in [1.807, 2.05) is 36.7 Å². The third-order valence-corrected chi connectivity index (χ3v) is 3.36. The van der Waals surface area contributed by atoms with Crippen molar-refractivity contribution in [1.82, 2.24) is 0 Å². The Labute approximate surface area is 122 Å². The average Bonchev–Trinajstić information content (AvgIpc) is 2.35. The molecule has 1 saturated carbocycles. The van der Waals surface area contributed by atoms with Crippen molar-refractivity contribution < 1.29 is 14.6 Å². The van der Waals surface area contributed by atoms with Crippen LogP contribution in [-0.2, 0) is 4.79 Å². The lowest BCUT2D eigenvalue weighted by molar-refractivity contribution is -0.801. The van der Waals surface area contributed by atoms with E-state index in [0.29, 0.717) is 5.92 Å². The molecule has 0 unspecified atom stereocenters. The number of rotatable bonds is 4. The van der Waals surface area contributed by atoms with Crippen molar-refractivity contribution in [2.75, 3.05) is 28.2 Å². The number of Topliss-reactive ketones (excluding diaryl/α,β-unsaturated/α-hetero) is 1. The summed E-state index contributed by atoms with van der Waals surface area (Å²) in [6.45, 7) is 2.14. The van der Waals surface area contributed by atoms with E-state index < -0.39 is 0 Å². The Morgan fingerprint density at radius 1 is 1.00 bits per heavy atom. The summed E-state index contributed by atoms with van der Waals surface area (Å²) in [4.78, 5) is 15.0. The molecule has 0 aromatic rings. The fourth-order valence-electron chi connectivity index (χ4n) is 2.15. The first-order valence-corrected chi connectivity index (χ1v) is 7.32. The molecule has 0 spiro atoms. The molecule has 3 nitrogen and oxygen atoms in total. The van der Waals surface area contributed by atoms with Crippen LogP contribution in [0, 0.1) is 5.92 Å². The first kappa shape index (κ1) is 16.6. The van der Waals surface area contributed by atoms with E-state index in [1.165, 1.54) is 9.80 Å². The molecule has 110 valence electrons. The zero-order chi connectivity index (χ0) is 15.1. The van der Waals surface area contributed by atoms with Gasteiger partial charge in [-0.25, -0.2) is 0 Å². The molecule has 0 aliphatic heterocycles. The van der Waals surface area contributed by atoms with E-state index in [0.717, 1.165) is 24.0 Å². The van der Waals surface area contributed by atoms with Crippen molar-refractivity contribution >= 4 is 5.78 Å². The average molecular weight is 276 g/mol. The number of allylic oxidation sites excluding steroid dienone is 6. The molecule has 1 aliphatic carbocycles. The molecule has 0 radical (unpaired) electrons. The molecule has 0 bridgehead atoms. The zero-order valence-electron chi connectivity index (χ0n) is 13.4. The van der Waals surface area contributed by atoms with Gasteiger partial charge in [0.15, 0.2) is 5.78 Å². The van der Waals surface area contributed by atoms with Crippen molar-refractivity contribution in [2.24, 2.45) is 5.92 Å². The van der Waals surface area contributed by atoms with Crippen LogP contribution in [-0.4, -0.2) is 34.0 Å². The van der Waals surface area contributed by atoms with Gasteiger partial charge in [0.05, 0.1) is 40.6 Å². The van der Waals surface area contributed by atoms with Gasteiger partial charge in [0.1, 0.15) is 0 Å². The van der Waals surface area contributed by atoms with Gasteiger partial charge >= 0.3 is 0 Å². The smallest absolute Gasteiger partial charge is 0.185 e. The summed E-state index contributed by atoms with van der Waals surface area (Å²) in [6.07, 6.45) is 13.9. The van der Waals surface area contributed by atoms with Gasteiger partial charge in [-0.1, -0.05) is 6.92 Å². The molecule has 0 heterocycles. The fourth-order valence-corrected chi connectivity index (χ4v) is 2.15. The maximum absolute atomic E-state index is 12.5. The van der Waals surface area contributed by atoms with Crippen LogP contribution in [0.25, 0.3) is 0 Å². The molecule has 3 heteroatoms. The highest BCUT2D eigenvalue weighted by Crippen LogP contribution is 2.29.